The zero-order valence-corrected chi connectivity index (χ0v) is 16.8. The second-order valence-corrected chi connectivity index (χ2v) is 6.92. The van der Waals surface area contributed by atoms with Crippen molar-refractivity contribution < 1.29 is 24.3 Å². The van der Waals surface area contributed by atoms with Crippen molar-refractivity contribution in [3.8, 4) is 22.1 Å². The molecule has 0 radical (unpaired) electrons. The molecule has 8 nitrogen and oxygen atoms in total. The van der Waals surface area contributed by atoms with Crippen molar-refractivity contribution in [1.82, 2.24) is 15.8 Å². The standard InChI is InChI=1S/C19H25N3O5S/c1-26-13-8-9-14(16(11-13)27-2)19-21-15(12-28-19)18(24)20-10-6-4-3-5-7-17(23)22-25/h8-9,11-12,25H,3-7,10H2,1-2H3,(H,20,24)(H,22,23). The molecule has 0 unspecified atom stereocenters. The smallest absolute Gasteiger partial charge is 0.270 e. The van der Waals surface area contributed by atoms with Crippen molar-refractivity contribution in [2.24, 2.45) is 0 Å². The molecule has 0 saturated heterocycles. The van der Waals surface area contributed by atoms with Crippen LogP contribution < -0.4 is 20.3 Å². The van der Waals surface area contributed by atoms with Crippen LogP contribution in [-0.4, -0.2) is 42.8 Å². The fourth-order valence-corrected chi connectivity index (χ4v) is 3.42. The number of thiazole rings is 1. The Morgan fingerprint density at radius 3 is 2.64 bits per heavy atom. The van der Waals surface area contributed by atoms with Crippen LogP contribution in [0, 0.1) is 0 Å². The fourth-order valence-electron chi connectivity index (χ4n) is 2.59. The minimum atomic E-state index is -0.374. The summed E-state index contributed by atoms with van der Waals surface area (Å²) in [4.78, 5) is 27.6. The van der Waals surface area contributed by atoms with Gasteiger partial charge in [0.05, 0.1) is 19.8 Å². The van der Waals surface area contributed by atoms with Crippen LogP contribution in [0.15, 0.2) is 23.6 Å². The van der Waals surface area contributed by atoms with Gasteiger partial charge in [-0.1, -0.05) is 12.8 Å². The van der Waals surface area contributed by atoms with E-state index in [0.29, 0.717) is 41.6 Å². The summed E-state index contributed by atoms with van der Waals surface area (Å²) in [6.45, 7) is 0.545. The summed E-state index contributed by atoms with van der Waals surface area (Å²) in [6, 6.07) is 5.46. The van der Waals surface area contributed by atoms with E-state index in [1.165, 1.54) is 11.3 Å². The number of amides is 2. The van der Waals surface area contributed by atoms with Gasteiger partial charge in [-0.2, -0.15) is 0 Å². The van der Waals surface area contributed by atoms with Crippen LogP contribution in [0.3, 0.4) is 0 Å². The van der Waals surface area contributed by atoms with Crippen LogP contribution in [0.2, 0.25) is 0 Å². The van der Waals surface area contributed by atoms with E-state index < -0.39 is 0 Å². The number of benzene rings is 1. The maximum absolute atomic E-state index is 12.3. The molecule has 1 aromatic heterocycles. The molecule has 0 aliphatic carbocycles. The number of hydroxylamine groups is 1. The number of aromatic nitrogens is 1. The summed E-state index contributed by atoms with van der Waals surface area (Å²) in [5.74, 6) is 0.735. The number of nitrogens with one attached hydrogen (secondary N) is 2. The Labute approximate surface area is 167 Å². The Bertz CT molecular complexity index is 794. The van der Waals surface area contributed by atoms with E-state index in [1.807, 2.05) is 12.1 Å². The van der Waals surface area contributed by atoms with Gasteiger partial charge in [-0.25, -0.2) is 10.5 Å². The first-order valence-corrected chi connectivity index (χ1v) is 9.86. The fraction of sp³-hybridized carbons (Fsp3) is 0.421. The summed E-state index contributed by atoms with van der Waals surface area (Å²) >= 11 is 1.38. The Balaban J connectivity index is 1.82. The van der Waals surface area contributed by atoms with Crippen LogP contribution in [0.1, 0.15) is 42.6 Å². The summed E-state index contributed by atoms with van der Waals surface area (Å²) in [6.07, 6.45) is 3.58. The average Bonchev–Trinajstić information content (AvgIpc) is 3.22. The molecule has 0 saturated carbocycles. The quantitative estimate of drug-likeness (QED) is 0.300. The number of carbonyl (C=O) groups excluding carboxylic acids is 2. The van der Waals surface area contributed by atoms with Crippen molar-refractivity contribution in [3.05, 3.63) is 29.3 Å². The van der Waals surface area contributed by atoms with Gasteiger partial charge in [0.15, 0.2) is 0 Å². The van der Waals surface area contributed by atoms with Gasteiger partial charge in [0, 0.05) is 24.4 Å². The van der Waals surface area contributed by atoms with Gasteiger partial charge >= 0.3 is 0 Å². The number of methoxy groups -OCH3 is 2. The van der Waals surface area contributed by atoms with Crippen molar-refractivity contribution in [2.75, 3.05) is 20.8 Å². The third-order valence-corrected chi connectivity index (χ3v) is 4.99. The molecule has 3 N–H and O–H groups in total. The molecular formula is C19H25N3O5S. The third kappa shape index (κ3) is 6.21. The highest BCUT2D eigenvalue weighted by Crippen LogP contribution is 2.34. The molecule has 0 aliphatic heterocycles. The van der Waals surface area contributed by atoms with E-state index in [2.05, 4.69) is 10.3 Å². The Hall–Kier alpha value is -2.65. The van der Waals surface area contributed by atoms with Gasteiger partial charge in [-0.15, -0.1) is 11.3 Å². The molecule has 0 bridgehead atoms. The van der Waals surface area contributed by atoms with E-state index in [0.717, 1.165) is 24.8 Å². The van der Waals surface area contributed by atoms with Gasteiger partial charge in [0.2, 0.25) is 5.91 Å². The van der Waals surface area contributed by atoms with Crippen LogP contribution >= 0.6 is 11.3 Å². The predicted octanol–water partition coefficient (Wildman–Crippen LogP) is 3.01. The zero-order valence-electron chi connectivity index (χ0n) is 16.0. The number of carbonyl (C=O) groups is 2. The lowest BCUT2D eigenvalue weighted by molar-refractivity contribution is -0.129. The summed E-state index contributed by atoms with van der Waals surface area (Å²) in [5.41, 5.74) is 2.79. The van der Waals surface area contributed by atoms with Crippen LogP contribution in [0.25, 0.3) is 10.6 Å². The molecule has 0 spiro atoms. The molecule has 0 fully saturated rings. The van der Waals surface area contributed by atoms with E-state index in [1.54, 1.807) is 31.1 Å². The highest BCUT2D eigenvalue weighted by Gasteiger charge is 2.15. The molecule has 2 rings (SSSR count). The van der Waals surface area contributed by atoms with Crippen molar-refractivity contribution in [1.29, 1.82) is 0 Å². The monoisotopic (exact) mass is 407 g/mol. The second-order valence-electron chi connectivity index (χ2n) is 6.06. The molecule has 1 heterocycles. The normalized spacial score (nSPS) is 10.4. The highest BCUT2D eigenvalue weighted by atomic mass is 32.1. The van der Waals surface area contributed by atoms with Crippen LogP contribution in [0.5, 0.6) is 11.5 Å². The van der Waals surface area contributed by atoms with Gasteiger partial charge in [0.25, 0.3) is 5.91 Å². The highest BCUT2D eigenvalue weighted by molar-refractivity contribution is 7.13. The lowest BCUT2D eigenvalue weighted by atomic mass is 10.1. The van der Waals surface area contributed by atoms with E-state index in [-0.39, 0.29) is 11.8 Å². The Kier molecular flexibility index (Phi) is 8.70. The molecule has 9 heteroatoms. The predicted molar refractivity (Wildman–Crippen MR) is 106 cm³/mol. The first-order chi connectivity index (χ1) is 13.6. The lowest BCUT2D eigenvalue weighted by Crippen LogP contribution is -2.24. The summed E-state index contributed by atoms with van der Waals surface area (Å²) < 4.78 is 10.6. The van der Waals surface area contributed by atoms with Crippen molar-refractivity contribution in [3.63, 3.8) is 0 Å². The Morgan fingerprint density at radius 2 is 1.93 bits per heavy atom. The molecule has 28 heavy (non-hydrogen) atoms. The maximum atomic E-state index is 12.3. The molecule has 0 atom stereocenters. The first-order valence-electron chi connectivity index (χ1n) is 8.98. The van der Waals surface area contributed by atoms with E-state index in [4.69, 9.17) is 14.7 Å². The zero-order chi connectivity index (χ0) is 20.4. The average molecular weight is 407 g/mol. The number of rotatable bonds is 11. The van der Waals surface area contributed by atoms with Crippen LogP contribution in [-0.2, 0) is 4.79 Å². The molecule has 0 aliphatic rings. The molecular weight excluding hydrogens is 382 g/mol. The van der Waals surface area contributed by atoms with E-state index >= 15 is 0 Å². The number of unbranched alkanes of at least 4 members (excludes halogenated alkanes) is 3. The first kappa shape index (κ1) is 21.6. The van der Waals surface area contributed by atoms with Crippen molar-refractivity contribution >= 4 is 23.2 Å². The number of nitrogens with zero attached hydrogens (tertiary/aromatic N) is 1. The summed E-state index contributed by atoms with van der Waals surface area (Å²) in [5, 5.41) is 13.7. The topological polar surface area (TPSA) is 110 Å². The second kappa shape index (κ2) is 11.3. The minimum absolute atomic E-state index is 0.213. The number of hydrogen-bond acceptors (Lipinski definition) is 7. The summed E-state index contributed by atoms with van der Waals surface area (Å²) in [7, 11) is 3.17. The maximum Gasteiger partial charge on any atom is 0.270 e. The molecule has 1 aromatic carbocycles. The third-order valence-electron chi connectivity index (χ3n) is 4.12. The van der Waals surface area contributed by atoms with Crippen molar-refractivity contribution in [2.45, 2.75) is 32.1 Å². The molecule has 2 amide bonds. The van der Waals surface area contributed by atoms with Crippen LogP contribution in [0.4, 0.5) is 0 Å². The van der Waals surface area contributed by atoms with Gasteiger partial charge in [0.1, 0.15) is 22.2 Å². The minimum Gasteiger partial charge on any atom is -0.497 e. The van der Waals surface area contributed by atoms with Gasteiger partial charge in [-0.3, -0.25) is 14.8 Å². The van der Waals surface area contributed by atoms with Gasteiger partial charge in [-0.05, 0) is 25.0 Å². The molecule has 2 aromatic rings. The number of ether oxygens (including phenoxy) is 2. The van der Waals surface area contributed by atoms with E-state index in [9.17, 15) is 9.59 Å². The largest absolute Gasteiger partial charge is 0.497 e. The number of hydrogen-bond donors (Lipinski definition) is 3. The Morgan fingerprint density at radius 1 is 1.14 bits per heavy atom. The van der Waals surface area contributed by atoms with Gasteiger partial charge < -0.3 is 14.8 Å². The molecule has 152 valence electrons. The SMILES string of the molecule is COc1ccc(-c2nc(C(=O)NCCCCCCC(=O)NO)cs2)c(OC)c1. The lowest BCUT2D eigenvalue weighted by Gasteiger charge is -2.08.